The number of hydrogen-bond donors (Lipinski definition) is 1. The first kappa shape index (κ1) is 12.6. The van der Waals surface area contributed by atoms with E-state index in [2.05, 4.69) is 37.1 Å². The largest absolute Gasteiger partial charge is 0.311 e. The molecule has 17 heavy (non-hydrogen) atoms. The predicted octanol–water partition coefficient (Wildman–Crippen LogP) is 3.10. The normalized spacial score (nSPS) is 24.5. The zero-order chi connectivity index (χ0) is 12.3. The van der Waals surface area contributed by atoms with Crippen molar-refractivity contribution in [1.82, 2.24) is 10.3 Å². The van der Waals surface area contributed by atoms with Crippen LogP contribution < -0.4 is 5.32 Å². The number of pyridine rings is 1. The lowest BCUT2D eigenvalue weighted by atomic mass is 9.82. The van der Waals surface area contributed by atoms with Gasteiger partial charge in [-0.25, -0.2) is 0 Å². The van der Waals surface area contributed by atoms with E-state index >= 15 is 0 Å². The number of aromatic nitrogens is 1. The van der Waals surface area contributed by atoms with Gasteiger partial charge in [0.05, 0.1) is 0 Å². The molecule has 1 fully saturated rings. The highest BCUT2D eigenvalue weighted by Crippen LogP contribution is 2.31. The van der Waals surface area contributed by atoms with Gasteiger partial charge in [-0.15, -0.1) is 0 Å². The van der Waals surface area contributed by atoms with Crippen LogP contribution in [0.15, 0.2) is 18.5 Å². The van der Waals surface area contributed by atoms with Gasteiger partial charge < -0.3 is 5.32 Å². The van der Waals surface area contributed by atoms with Gasteiger partial charge in [-0.2, -0.15) is 0 Å². The maximum Gasteiger partial charge on any atom is 0.0303 e. The van der Waals surface area contributed by atoms with Crippen molar-refractivity contribution in [3.05, 3.63) is 29.6 Å². The molecule has 2 rings (SSSR count). The molecule has 1 atom stereocenters. The Morgan fingerprint density at radius 3 is 2.88 bits per heavy atom. The summed E-state index contributed by atoms with van der Waals surface area (Å²) in [6.45, 7) is 8.00. The second-order valence-electron chi connectivity index (χ2n) is 5.89. The molecule has 1 aliphatic heterocycles. The topological polar surface area (TPSA) is 24.9 Å². The van der Waals surface area contributed by atoms with E-state index in [1.54, 1.807) is 0 Å². The highest BCUT2D eigenvalue weighted by molar-refractivity contribution is 5.24. The van der Waals surface area contributed by atoms with E-state index in [0.717, 1.165) is 12.3 Å². The number of hydrogen-bond acceptors (Lipinski definition) is 2. The van der Waals surface area contributed by atoms with Crippen molar-refractivity contribution < 1.29 is 0 Å². The Bertz CT molecular complexity index is 365. The van der Waals surface area contributed by atoms with Crippen LogP contribution in [0.2, 0.25) is 0 Å². The number of nitrogens with one attached hydrogen (secondary N) is 1. The van der Waals surface area contributed by atoms with Crippen molar-refractivity contribution in [2.24, 2.45) is 5.92 Å². The molecular weight excluding hydrogens is 208 g/mol. The smallest absolute Gasteiger partial charge is 0.0303 e. The fourth-order valence-corrected chi connectivity index (χ4v) is 3.09. The van der Waals surface area contributed by atoms with Gasteiger partial charge in [-0.05, 0) is 62.3 Å². The molecule has 0 aromatic carbocycles. The van der Waals surface area contributed by atoms with E-state index in [1.165, 1.54) is 36.9 Å². The third kappa shape index (κ3) is 3.06. The first-order chi connectivity index (χ1) is 8.11. The van der Waals surface area contributed by atoms with Crippen LogP contribution in [0, 0.1) is 12.8 Å². The molecule has 1 aromatic rings. The second kappa shape index (κ2) is 5.18. The van der Waals surface area contributed by atoms with Crippen molar-refractivity contribution in [3.8, 4) is 0 Å². The molecule has 0 spiro atoms. The first-order valence-electron chi connectivity index (χ1n) is 6.76. The molecule has 0 amide bonds. The summed E-state index contributed by atoms with van der Waals surface area (Å²) in [5, 5.41) is 3.75. The summed E-state index contributed by atoms with van der Waals surface area (Å²) in [6, 6.07) is 2.12. The highest BCUT2D eigenvalue weighted by atomic mass is 15.0. The minimum absolute atomic E-state index is 0.321. The van der Waals surface area contributed by atoms with Gasteiger partial charge >= 0.3 is 0 Å². The summed E-state index contributed by atoms with van der Waals surface area (Å²) in [5.41, 5.74) is 3.10. The van der Waals surface area contributed by atoms with Gasteiger partial charge in [-0.1, -0.05) is 13.8 Å². The van der Waals surface area contributed by atoms with Gasteiger partial charge in [0.1, 0.15) is 0 Å². The molecule has 94 valence electrons. The maximum absolute atomic E-state index is 4.27. The van der Waals surface area contributed by atoms with Crippen LogP contribution in [0.5, 0.6) is 0 Å². The first-order valence-corrected chi connectivity index (χ1v) is 6.76. The van der Waals surface area contributed by atoms with Crippen LogP contribution in [-0.2, 0) is 6.42 Å². The number of rotatable bonds is 4. The second-order valence-corrected chi connectivity index (χ2v) is 5.89. The monoisotopic (exact) mass is 232 g/mol. The average Bonchev–Trinajstić information content (AvgIpc) is 2.69. The van der Waals surface area contributed by atoms with E-state index < -0.39 is 0 Å². The van der Waals surface area contributed by atoms with Gasteiger partial charge in [-0.3, -0.25) is 4.98 Å². The van der Waals surface area contributed by atoms with E-state index in [4.69, 9.17) is 0 Å². The van der Waals surface area contributed by atoms with Crippen molar-refractivity contribution >= 4 is 0 Å². The lowest BCUT2D eigenvalue weighted by Gasteiger charge is -2.32. The summed E-state index contributed by atoms with van der Waals surface area (Å²) in [7, 11) is 0. The minimum Gasteiger partial charge on any atom is -0.311 e. The third-order valence-electron chi connectivity index (χ3n) is 3.81. The molecule has 2 nitrogen and oxygen atoms in total. The van der Waals surface area contributed by atoms with Crippen LogP contribution in [0.3, 0.4) is 0 Å². The van der Waals surface area contributed by atoms with Crippen molar-refractivity contribution in [2.75, 3.05) is 6.54 Å². The molecule has 2 heterocycles. The van der Waals surface area contributed by atoms with Gasteiger partial charge in [0.15, 0.2) is 0 Å². The zero-order valence-corrected chi connectivity index (χ0v) is 11.3. The summed E-state index contributed by atoms with van der Waals surface area (Å²) < 4.78 is 0. The Hall–Kier alpha value is -0.890. The summed E-state index contributed by atoms with van der Waals surface area (Å²) >= 11 is 0. The van der Waals surface area contributed by atoms with Crippen LogP contribution >= 0.6 is 0 Å². The van der Waals surface area contributed by atoms with E-state index in [0.29, 0.717) is 5.54 Å². The van der Waals surface area contributed by atoms with Crippen LogP contribution in [0.4, 0.5) is 0 Å². The van der Waals surface area contributed by atoms with Crippen molar-refractivity contribution in [2.45, 2.75) is 52.0 Å². The SMILES string of the molecule is Cc1ccncc1CC1(CC(C)C)CCCN1. The zero-order valence-electron chi connectivity index (χ0n) is 11.3. The summed E-state index contributed by atoms with van der Waals surface area (Å²) in [4.78, 5) is 4.27. The van der Waals surface area contributed by atoms with Gasteiger partial charge in [0.2, 0.25) is 0 Å². The van der Waals surface area contributed by atoms with E-state index in [9.17, 15) is 0 Å². The van der Waals surface area contributed by atoms with Crippen LogP contribution in [-0.4, -0.2) is 17.1 Å². The predicted molar refractivity (Wildman–Crippen MR) is 72.1 cm³/mol. The van der Waals surface area contributed by atoms with Crippen LogP contribution in [0.1, 0.15) is 44.2 Å². The molecule has 1 aromatic heterocycles. The fraction of sp³-hybridized carbons (Fsp3) is 0.667. The Balaban J connectivity index is 2.15. The lowest BCUT2D eigenvalue weighted by molar-refractivity contribution is 0.301. The number of nitrogens with zero attached hydrogens (tertiary/aromatic N) is 1. The molecule has 0 radical (unpaired) electrons. The minimum atomic E-state index is 0.321. The molecule has 1 aliphatic rings. The molecule has 1 saturated heterocycles. The molecular formula is C15H24N2. The Morgan fingerprint density at radius 1 is 1.47 bits per heavy atom. The van der Waals surface area contributed by atoms with Gasteiger partial charge in [0.25, 0.3) is 0 Å². The lowest BCUT2D eigenvalue weighted by Crippen LogP contribution is -2.43. The third-order valence-corrected chi connectivity index (χ3v) is 3.81. The fourth-order valence-electron chi connectivity index (χ4n) is 3.09. The summed E-state index contributed by atoms with van der Waals surface area (Å²) in [5.74, 6) is 0.748. The highest BCUT2D eigenvalue weighted by Gasteiger charge is 2.34. The quantitative estimate of drug-likeness (QED) is 0.863. The Kier molecular flexibility index (Phi) is 3.82. The Morgan fingerprint density at radius 2 is 2.29 bits per heavy atom. The molecule has 0 bridgehead atoms. The Labute approximate surface area is 105 Å². The molecule has 1 N–H and O–H groups in total. The maximum atomic E-state index is 4.27. The van der Waals surface area contributed by atoms with Crippen LogP contribution in [0.25, 0.3) is 0 Å². The molecule has 0 saturated carbocycles. The number of aryl methyl sites for hydroxylation is 1. The summed E-state index contributed by atoms with van der Waals surface area (Å²) in [6.07, 6.45) is 8.94. The van der Waals surface area contributed by atoms with E-state index in [-0.39, 0.29) is 0 Å². The molecule has 1 unspecified atom stereocenters. The molecule has 0 aliphatic carbocycles. The van der Waals surface area contributed by atoms with Crippen molar-refractivity contribution in [1.29, 1.82) is 0 Å². The van der Waals surface area contributed by atoms with Gasteiger partial charge in [0, 0.05) is 17.9 Å². The van der Waals surface area contributed by atoms with Crippen molar-refractivity contribution in [3.63, 3.8) is 0 Å². The van der Waals surface area contributed by atoms with E-state index in [1.807, 2.05) is 12.4 Å². The standard InChI is InChI=1S/C15H24N2/c1-12(2)9-15(6-4-7-17-15)10-14-11-16-8-5-13(14)3/h5,8,11-12,17H,4,6-7,9-10H2,1-3H3. The molecule has 2 heteroatoms. The average molecular weight is 232 g/mol.